The lowest BCUT2D eigenvalue weighted by Gasteiger charge is -2.17. The first-order valence-corrected chi connectivity index (χ1v) is 8.15. The molecule has 0 aliphatic heterocycles. The van der Waals surface area contributed by atoms with E-state index in [4.69, 9.17) is 15.3 Å². The summed E-state index contributed by atoms with van der Waals surface area (Å²) in [4.78, 5) is 12.5. The van der Waals surface area contributed by atoms with E-state index < -0.39 is 11.9 Å². The van der Waals surface area contributed by atoms with E-state index in [1.54, 1.807) is 6.26 Å². The fourth-order valence-electron chi connectivity index (χ4n) is 2.58. The van der Waals surface area contributed by atoms with Gasteiger partial charge in [0.2, 0.25) is 0 Å². The highest BCUT2D eigenvalue weighted by Crippen LogP contribution is 2.38. The topological polar surface area (TPSA) is 97.7 Å². The van der Waals surface area contributed by atoms with Crippen molar-refractivity contribution < 1.29 is 9.53 Å². The van der Waals surface area contributed by atoms with Crippen molar-refractivity contribution in [3.8, 4) is 18.2 Å². The van der Waals surface area contributed by atoms with E-state index in [0.29, 0.717) is 23.3 Å². The van der Waals surface area contributed by atoms with Crippen LogP contribution >= 0.6 is 11.8 Å². The number of carbonyl (C=O) groups excluding carboxylic acids is 1. The highest BCUT2D eigenvalue weighted by atomic mass is 32.2. The van der Waals surface area contributed by atoms with E-state index in [1.165, 1.54) is 18.9 Å². The third kappa shape index (κ3) is 3.91. The highest BCUT2D eigenvalue weighted by molar-refractivity contribution is 8.02. The minimum absolute atomic E-state index is 0.0310. The summed E-state index contributed by atoms with van der Waals surface area (Å²) in [5.41, 5.74) is 1.52. The Kier molecular flexibility index (Phi) is 7.23. The van der Waals surface area contributed by atoms with Gasteiger partial charge in [0.25, 0.3) is 0 Å². The van der Waals surface area contributed by atoms with Gasteiger partial charge < -0.3 is 4.74 Å². The van der Waals surface area contributed by atoms with Gasteiger partial charge in [-0.25, -0.2) is 0 Å². The number of hydrogen-bond donors (Lipinski definition) is 0. The van der Waals surface area contributed by atoms with Gasteiger partial charge in [0.15, 0.2) is 5.92 Å². The second kappa shape index (κ2) is 8.93. The molecule has 0 N–H and O–H groups in total. The van der Waals surface area contributed by atoms with E-state index in [0.717, 1.165) is 24.8 Å². The lowest BCUT2D eigenvalue weighted by molar-refractivity contribution is -0.142. The van der Waals surface area contributed by atoms with Crippen LogP contribution in [0.5, 0.6) is 0 Å². The number of nitrogens with zero attached hydrogens (tertiary/aromatic N) is 3. The molecule has 0 saturated carbocycles. The van der Waals surface area contributed by atoms with E-state index in [9.17, 15) is 10.1 Å². The molecular formula is C16H17N3O2S. The molecule has 114 valence electrons. The second-order valence-corrected chi connectivity index (χ2v) is 5.60. The summed E-state index contributed by atoms with van der Waals surface area (Å²) in [6, 6.07) is 5.82. The van der Waals surface area contributed by atoms with Crippen LogP contribution in [-0.4, -0.2) is 19.3 Å². The molecule has 0 heterocycles. The summed E-state index contributed by atoms with van der Waals surface area (Å²) in [6.45, 7) is 0. The summed E-state index contributed by atoms with van der Waals surface area (Å²) in [7, 11) is 1.25. The van der Waals surface area contributed by atoms with E-state index >= 15 is 0 Å². The number of methoxy groups -OCH3 is 1. The van der Waals surface area contributed by atoms with Crippen molar-refractivity contribution in [2.24, 2.45) is 5.92 Å². The van der Waals surface area contributed by atoms with Crippen LogP contribution in [-0.2, 0) is 9.53 Å². The van der Waals surface area contributed by atoms with Crippen LogP contribution in [0.2, 0.25) is 0 Å². The zero-order chi connectivity index (χ0) is 16.5. The number of nitriles is 3. The Balaban J connectivity index is 3.54. The SMILES string of the molecule is COC(=O)[C@H](C#N)C1=C(C(SC)=C(C#N)C#N)CCCCC1. The zero-order valence-corrected chi connectivity index (χ0v) is 13.5. The lowest BCUT2D eigenvalue weighted by Crippen LogP contribution is -2.18. The molecular weight excluding hydrogens is 298 g/mol. The summed E-state index contributed by atoms with van der Waals surface area (Å²) in [5.74, 6) is -1.56. The summed E-state index contributed by atoms with van der Waals surface area (Å²) < 4.78 is 4.72. The van der Waals surface area contributed by atoms with E-state index in [-0.39, 0.29) is 5.57 Å². The largest absolute Gasteiger partial charge is 0.468 e. The number of rotatable bonds is 4. The van der Waals surface area contributed by atoms with Crippen LogP contribution in [0.3, 0.4) is 0 Å². The number of carbonyl (C=O) groups is 1. The third-order valence-corrected chi connectivity index (χ3v) is 4.46. The fraction of sp³-hybridized carbons (Fsp3) is 0.500. The quantitative estimate of drug-likeness (QED) is 0.583. The molecule has 0 aromatic carbocycles. The normalized spacial score (nSPS) is 15.6. The Hall–Kier alpha value is -2.23. The molecule has 0 unspecified atom stereocenters. The van der Waals surface area contributed by atoms with Gasteiger partial charge in [0, 0.05) is 4.91 Å². The number of allylic oxidation sites excluding steroid dienone is 2. The van der Waals surface area contributed by atoms with Crippen molar-refractivity contribution >= 4 is 17.7 Å². The molecule has 0 aromatic heterocycles. The van der Waals surface area contributed by atoms with Crippen LogP contribution in [0.15, 0.2) is 21.6 Å². The van der Waals surface area contributed by atoms with Crippen LogP contribution in [0.1, 0.15) is 32.1 Å². The Labute approximate surface area is 134 Å². The maximum absolute atomic E-state index is 11.9. The Morgan fingerprint density at radius 2 is 1.82 bits per heavy atom. The molecule has 0 bridgehead atoms. The van der Waals surface area contributed by atoms with Gasteiger partial charge in [-0.3, -0.25) is 4.79 Å². The molecule has 0 saturated heterocycles. The molecule has 1 atom stereocenters. The van der Waals surface area contributed by atoms with Gasteiger partial charge in [-0.05, 0) is 43.1 Å². The number of hydrogen-bond acceptors (Lipinski definition) is 6. The van der Waals surface area contributed by atoms with E-state index in [2.05, 4.69) is 0 Å². The highest BCUT2D eigenvalue weighted by Gasteiger charge is 2.29. The molecule has 1 aliphatic carbocycles. The van der Waals surface area contributed by atoms with Crippen LogP contribution in [0.4, 0.5) is 0 Å². The first-order chi connectivity index (χ1) is 10.6. The number of esters is 1. The summed E-state index contributed by atoms with van der Waals surface area (Å²) in [6.07, 6.45) is 5.84. The molecule has 0 aromatic rings. The van der Waals surface area contributed by atoms with Gasteiger partial charge in [0.1, 0.15) is 17.7 Å². The van der Waals surface area contributed by atoms with Gasteiger partial charge in [0.05, 0.1) is 13.2 Å². The maximum Gasteiger partial charge on any atom is 0.327 e. The molecule has 5 nitrogen and oxygen atoms in total. The average molecular weight is 315 g/mol. The van der Waals surface area contributed by atoms with Crippen LogP contribution < -0.4 is 0 Å². The molecule has 1 rings (SSSR count). The first kappa shape index (κ1) is 17.8. The van der Waals surface area contributed by atoms with Crippen LogP contribution in [0.25, 0.3) is 0 Å². The smallest absolute Gasteiger partial charge is 0.327 e. The van der Waals surface area contributed by atoms with Gasteiger partial charge in [-0.1, -0.05) is 6.42 Å². The predicted molar refractivity (Wildman–Crippen MR) is 83.0 cm³/mol. The Bertz CT molecular complexity index is 613. The lowest BCUT2D eigenvalue weighted by atomic mass is 9.90. The van der Waals surface area contributed by atoms with Crippen molar-refractivity contribution in [2.45, 2.75) is 32.1 Å². The minimum atomic E-state index is -0.973. The minimum Gasteiger partial charge on any atom is -0.468 e. The van der Waals surface area contributed by atoms with Gasteiger partial charge >= 0.3 is 5.97 Å². The molecule has 0 spiro atoms. The van der Waals surface area contributed by atoms with Crippen molar-refractivity contribution in [2.75, 3.05) is 13.4 Å². The molecule has 1 aliphatic rings. The van der Waals surface area contributed by atoms with Gasteiger partial charge in [-0.2, -0.15) is 15.8 Å². The molecule has 6 heteroatoms. The van der Waals surface area contributed by atoms with E-state index in [1.807, 2.05) is 18.2 Å². The standard InChI is InChI=1S/C16H17N3O2S/c1-21-16(20)14(10-19)12-6-4-3-5-7-13(12)15(22-2)11(8-17)9-18/h14H,3-7H2,1-2H3/t14-/m1/s1. The van der Waals surface area contributed by atoms with Crippen molar-refractivity contribution in [1.29, 1.82) is 15.8 Å². The Morgan fingerprint density at radius 1 is 1.18 bits per heavy atom. The molecule has 0 radical (unpaired) electrons. The first-order valence-electron chi connectivity index (χ1n) is 6.92. The average Bonchev–Trinajstić information content (AvgIpc) is 2.79. The van der Waals surface area contributed by atoms with Crippen molar-refractivity contribution in [3.05, 3.63) is 21.6 Å². The van der Waals surface area contributed by atoms with Crippen molar-refractivity contribution in [3.63, 3.8) is 0 Å². The van der Waals surface area contributed by atoms with Gasteiger partial charge in [-0.15, -0.1) is 11.8 Å². The third-order valence-electron chi connectivity index (χ3n) is 3.60. The fourth-order valence-corrected chi connectivity index (χ4v) is 3.35. The molecule has 0 fully saturated rings. The monoisotopic (exact) mass is 315 g/mol. The zero-order valence-electron chi connectivity index (χ0n) is 12.7. The van der Waals surface area contributed by atoms with Crippen LogP contribution in [0, 0.1) is 39.9 Å². The molecule has 0 amide bonds. The second-order valence-electron chi connectivity index (χ2n) is 4.78. The predicted octanol–water partition coefficient (Wildman–Crippen LogP) is 3.22. The summed E-state index contributed by atoms with van der Waals surface area (Å²) >= 11 is 1.31. The number of thioether (sulfide) groups is 1. The molecule has 22 heavy (non-hydrogen) atoms. The maximum atomic E-state index is 11.9. The van der Waals surface area contributed by atoms with Crippen molar-refractivity contribution in [1.82, 2.24) is 0 Å². The summed E-state index contributed by atoms with van der Waals surface area (Å²) in [5, 5.41) is 27.6. The number of ether oxygens (including phenoxy) is 1. The Morgan fingerprint density at radius 3 is 2.32 bits per heavy atom.